The highest BCUT2D eigenvalue weighted by atomic mass is 19.2. The Morgan fingerprint density at radius 1 is 1.41 bits per heavy atom. The highest BCUT2D eigenvalue weighted by Gasteiger charge is 2.29. The molecule has 0 bridgehead atoms. The molecule has 0 aliphatic carbocycles. The van der Waals surface area contributed by atoms with Crippen LogP contribution in [0.2, 0.25) is 0 Å². The number of carbonyl (C=O) groups is 1. The van der Waals surface area contributed by atoms with Crippen LogP contribution in [-0.4, -0.2) is 51.4 Å². The van der Waals surface area contributed by atoms with Gasteiger partial charge in [0.1, 0.15) is 11.7 Å². The number of rotatable bonds is 5. The number of benzene rings is 1. The maximum absolute atomic E-state index is 14.1. The van der Waals surface area contributed by atoms with E-state index in [1.54, 1.807) is 6.20 Å². The van der Waals surface area contributed by atoms with Gasteiger partial charge in [-0.15, -0.1) is 5.10 Å². The third kappa shape index (κ3) is 3.52. The summed E-state index contributed by atoms with van der Waals surface area (Å²) in [5, 5.41) is 17.1. The number of aromatic nitrogens is 4. The Balaban J connectivity index is 1.44. The minimum Gasteiger partial charge on any atom is -0.379 e. The van der Waals surface area contributed by atoms with Crippen molar-refractivity contribution in [1.29, 1.82) is 0 Å². The normalized spacial score (nSPS) is 21.8. The van der Waals surface area contributed by atoms with Crippen molar-refractivity contribution in [2.45, 2.75) is 31.4 Å². The highest BCUT2D eigenvalue weighted by Crippen LogP contribution is 2.25. The number of tetrazole rings is 1. The van der Waals surface area contributed by atoms with Crippen molar-refractivity contribution in [3.05, 3.63) is 41.9 Å². The maximum atomic E-state index is 14.1. The number of halogens is 2. The van der Waals surface area contributed by atoms with Gasteiger partial charge in [-0.3, -0.25) is 4.79 Å². The van der Waals surface area contributed by atoms with E-state index >= 15 is 0 Å². The van der Waals surface area contributed by atoms with E-state index in [-0.39, 0.29) is 23.5 Å². The van der Waals surface area contributed by atoms with Crippen LogP contribution in [0.1, 0.15) is 25.1 Å². The largest absolute Gasteiger partial charge is 0.379 e. The summed E-state index contributed by atoms with van der Waals surface area (Å²) in [6.45, 7) is 1.20. The molecule has 1 aromatic carbocycles. The zero-order valence-corrected chi connectivity index (χ0v) is 14.4. The van der Waals surface area contributed by atoms with E-state index in [4.69, 9.17) is 4.74 Å². The Morgan fingerprint density at radius 2 is 2.30 bits per heavy atom. The molecule has 27 heavy (non-hydrogen) atoms. The summed E-state index contributed by atoms with van der Waals surface area (Å²) in [7, 11) is 0. The first kappa shape index (κ1) is 17.5. The molecule has 142 valence electrons. The fraction of sp³-hybridized carbons (Fsp3) is 0.412. The molecule has 1 fully saturated rings. The Morgan fingerprint density at radius 3 is 3.11 bits per heavy atom. The van der Waals surface area contributed by atoms with Gasteiger partial charge in [-0.1, -0.05) is 6.07 Å². The van der Waals surface area contributed by atoms with Gasteiger partial charge >= 0.3 is 0 Å². The second-order valence-electron chi connectivity index (χ2n) is 6.46. The second-order valence-corrected chi connectivity index (χ2v) is 6.46. The average molecular weight is 376 g/mol. The monoisotopic (exact) mass is 376 g/mol. The zero-order valence-electron chi connectivity index (χ0n) is 14.4. The molecule has 8 nitrogen and oxygen atoms in total. The Bertz CT molecular complexity index is 878. The lowest BCUT2D eigenvalue weighted by Gasteiger charge is -2.15. The quantitative estimate of drug-likeness (QED) is 0.807. The van der Waals surface area contributed by atoms with Gasteiger partial charge in [-0.2, -0.15) is 4.68 Å². The van der Waals surface area contributed by atoms with Crippen LogP contribution in [0, 0.1) is 11.6 Å². The van der Waals surface area contributed by atoms with Crippen molar-refractivity contribution < 1.29 is 18.3 Å². The van der Waals surface area contributed by atoms with Gasteiger partial charge < -0.3 is 15.4 Å². The molecule has 2 aliphatic rings. The van der Waals surface area contributed by atoms with Crippen molar-refractivity contribution in [3.63, 3.8) is 0 Å². The Kier molecular flexibility index (Phi) is 4.80. The van der Waals surface area contributed by atoms with Crippen molar-refractivity contribution in [3.8, 4) is 5.69 Å². The molecular formula is C17H18F2N6O2. The molecule has 3 heterocycles. The zero-order chi connectivity index (χ0) is 18.8. The van der Waals surface area contributed by atoms with E-state index < -0.39 is 17.7 Å². The first-order valence-electron chi connectivity index (χ1n) is 8.71. The van der Waals surface area contributed by atoms with E-state index in [0.717, 1.165) is 30.2 Å². The molecule has 4 rings (SSSR count). The lowest BCUT2D eigenvalue weighted by atomic mass is 10.1. The first-order valence-corrected chi connectivity index (χ1v) is 8.71. The Labute approximate surface area is 153 Å². The maximum Gasteiger partial charge on any atom is 0.242 e. The number of hydrogen-bond acceptors (Lipinski definition) is 6. The molecule has 1 unspecified atom stereocenters. The topological polar surface area (TPSA) is 94.0 Å². The SMILES string of the molecule is O=C(NC[C@@H]1CCCO1)C1CC(c2nnnn2-c2cccc(F)c2F)=CN1. The summed E-state index contributed by atoms with van der Waals surface area (Å²) >= 11 is 0. The van der Waals surface area contributed by atoms with Gasteiger partial charge in [0.2, 0.25) is 5.91 Å². The lowest BCUT2D eigenvalue weighted by Crippen LogP contribution is -2.42. The van der Waals surface area contributed by atoms with Gasteiger partial charge in [-0.05, 0) is 35.4 Å². The molecule has 0 radical (unpaired) electrons. The van der Waals surface area contributed by atoms with E-state index in [9.17, 15) is 13.6 Å². The molecule has 1 saturated heterocycles. The summed E-state index contributed by atoms with van der Waals surface area (Å²) < 4.78 is 34.2. The average Bonchev–Trinajstić information content (AvgIpc) is 3.42. The van der Waals surface area contributed by atoms with Crippen molar-refractivity contribution in [2.75, 3.05) is 13.2 Å². The van der Waals surface area contributed by atoms with E-state index in [1.807, 2.05) is 0 Å². The Hall–Kier alpha value is -2.88. The minimum absolute atomic E-state index is 0.0611. The van der Waals surface area contributed by atoms with Crippen LogP contribution in [0.25, 0.3) is 11.3 Å². The van der Waals surface area contributed by atoms with Crippen LogP contribution in [-0.2, 0) is 9.53 Å². The number of ether oxygens (including phenoxy) is 1. The van der Waals surface area contributed by atoms with Gasteiger partial charge in [0, 0.05) is 31.3 Å². The molecule has 1 aromatic heterocycles. The summed E-state index contributed by atoms with van der Waals surface area (Å²) in [5.41, 5.74) is 0.531. The van der Waals surface area contributed by atoms with Gasteiger partial charge in [0.15, 0.2) is 17.5 Å². The highest BCUT2D eigenvalue weighted by molar-refractivity contribution is 5.86. The van der Waals surface area contributed by atoms with Crippen molar-refractivity contribution >= 4 is 11.5 Å². The molecule has 10 heteroatoms. The van der Waals surface area contributed by atoms with Crippen molar-refractivity contribution in [2.24, 2.45) is 0 Å². The van der Waals surface area contributed by atoms with Crippen LogP contribution in [0.4, 0.5) is 8.78 Å². The third-order valence-corrected chi connectivity index (χ3v) is 4.64. The van der Waals surface area contributed by atoms with Crippen molar-refractivity contribution in [1.82, 2.24) is 30.8 Å². The van der Waals surface area contributed by atoms with Crippen LogP contribution >= 0.6 is 0 Å². The predicted molar refractivity (Wildman–Crippen MR) is 90.6 cm³/mol. The standard InChI is InChI=1S/C17H18F2N6O2/c18-12-4-1-5-14(15(12)19)25-16(22-23-24-25)10-7-13(20-8-10)17(26)21-9-11-3-2-6-27-11/h1,4-5,8,11,13,20H,2-3,6-7,9H2,(H,21,26)/t11-,13?/m0/s1. The second kappa shape index (κ2) is 7.39. The molecular weight excluding hydrogens is 358 g/mol. The van der Waals surface area contributed by atoms with E-state index in [2.05, 4.69) is 26.2 Å². The smallest absolute Gasteiger partial charge is 0.242 e. The molecule has 2 N–H and O–H groups in total. The molecule has 2 aromatic rings. The van der Waals surface area contributed by atoms with Crippen LogP contribution in [0.3, 0.4) is 0 Å². The van der Waals surface area contributed by atoms with Gasteiger partial charge in [-0.25, -0.2) is 8.78 Å². The molecule has 2 atom stereocenters. The summed E-state index contributed by atoms with van der Waals surface area (Å²) in [5.74, 6) is -1.93. The van der Waals surface area contributed by atoms with Crippen LogP contribution in [0.5, 0.6) is 0 Å². The van der Waals surface area contributed by atoms with Crippen LogP contribution in [0.15, 0.2) is 24.4 Å². The van der Waals surface area contributed by atoms with E-state index in [1.165, 1.54) is 12.1 Å². The number of amides is 1. The first-order chi connectivity index (χ1) is 13.1. The van der Waals surface area contributed by atoms with Crippen LogP contribution < -0.4 is 10.6 Å². The van der Waals surface area contributed by atoms with E-state index in [0.29, 0.717) is 18.5 Å². The molecule has 1 amide bonds. The summed E-state index contributed by atoms with van der Waals surface area (Å²) in [6, 6.07) is 3.30. The molecule has 0 saturated carbocycles. The summed E-state index contributed by atoms with van der Waals surface area (Å²) in [6.07, 6.45) is 3.96. The number of nitrogens with one attached hydrogen (secondary N) is 2. The number of hydrogen-bond donors (Lipinski definition) is 2. The fourth-order valence-electron chi connectivity index (χ4n) is 3.21. The van der Waals surface area contributed by atoms with Gasteiger partial charge in [0.05, 0.1) is 6.10 Å². The molecule has 0 spiro atoms. The minimum atomic E-state index is -1.04. The fourth-order valence-corrected chi connectivity index (χ4v) is 3.21. The lowest BCUT2D eigenvalue weighted by molar-refractivity contribution is -0.123. The third-order valence-electron chi connectivity index (χ3n) is 4.64. The summed E-state index contributed by atoms with van der Waals surface area (Å²) in [4.78, 5) is 12.3. The molecule has 2 aliphatic heterocycles. The number of nitrogens with zero attached hydrogens (tertiary/aromatic N) is 4. The van der Waals surface area contributed by atoms with Gasteiger partial charge in [0.25, 0.3) is 0 Å². The predicted octanol–water partition coefficient (Wildman–Crippen LogP) is 0.938. The number of carbonyl (C=O) groups excluding carboxylic acids is 1.